The fraction of sp³-hybridized carbons (Fsp3) is 0.480. The van der Waals surface area contributed by atoms with Crippen LogP contribution < -0.4 is 5.73 Å². The van der Waals surface area contributed by atoms with E-state index in [2.05, 4.69) is 56.1 Å². The molecule has 0 radical (unpaired) electrons. The molecule has 2 aromatic heterocycles. The van der Waals surface area contributed by atoms with Gasteiger partial charge in [0.15, 0.2) is 0 Å². The van der Waals surface area contributed by atoms with Crippen LogP contribution in [0.25, 0.3) is 0 Å². The lowest BCUT2D eigenvalue weighted by Gasteiger charge is -2.22. The van der Waals surface area contributed by atoms with Crippen molar-refractivity contribution in [3.63, 3.8) is 0 Å². The summed E-state index contributed by atoms with van der Waals surface area (Å²) in [6.07, 6.45) is 8.91. The van der Waals surface area contributed by atoms with Gasteiger partial charge in [-0.3, -0.25) is 9.69 Å². The summed E-state index contributed by atoms with van der Waals surface area (Å²) >= 11 is 0. The standard InChI is InChI=1S/C25H37N7O2/c1-4-34-25(33)22(26)6-5-14-30(2)16-20-7-9-21(10-8-20)17-32(18-23-27-11-12-28-23)19-24-29-13-15-31(24)3/h7-13,15,22H,4-6,14,16-19,26H2,1-3H3,(H,27,28)/t22-/m0/s1. The number of rotatable bonds is 14. The van der Waals surface area contributed by atoms with Crippen LogP contribution in [-0.2, 0) is 42.8 Å². The molecule has 0 aliphatic carbocycles. The van der Waals surface area contributed by atoms with E-state index >= 15 is 0 Å². The summed E-state index contributed by atoms with van der Waals surface area (Å²) in [7, 11) is 4.10. The Kier molecular flexibility index (Phi) is 9.81. The average molecular weight is 468 g/mol. The number of nitrogens with zero attached hydrogens (tertiary/aromatic N) is 5. The second kappa shape index (κ2) is 13.0. The smallest absolute Gasteiger partial charge is 0.322 e. The van der Waals surface area contributed by atoms with E-state index < -0.39 is 6.04 Å². The van der Waals surface area contributed by atoms with Gasteiger partial charge in [-0.2, -0.15) is 0 Å². The molecule has 9 heteroatoms. The van der Waals surface area contributed by atoms with Crippen molar-refractivity contribution in [2.45, 2.75) is 52.0 Å². The molecule has 9 nitrogen and oxygen atoms in total. The normalized spacial score (nSPS) is 12.4. The van der Waals surface area contributed by atoms with Crippen LogP contribution in [0.1, 0.15) is 42.5 Å². The number of nitrogens with two attached hydrogens (primary N) is 1. The van der Waals surface area contributed by atoms with E-state index in [1.807, 2.05) is 30.2 Å². The lowest BCUT2D eigenvalue weighted by Crippen LogP contribution is -2.33. The summed E-state index contributed by atoms with van der Waals surface area (Å²) < 4.78 is 7.02. The van der Waals surface area contributed by atoms with E-state index in [1.54, 1.807) is 13.1 Å². The van der Waals surface area contributed by atoms with Gasteiger partial charge in [-0.1, -0.05) is 24.3 Å². The Hall–Kier alpha value is -3.01. The highest BCUT2D eigenvalue weighted by atomic mass is 16.5. The quantitative estimate of drug-likeness (QED) is 0.351. The second-order valence-corrected chi connectivity index (χ2v) is 8.69. The molecule has 0 bridgehead atoms. The van der Waals surface area contributed by atoms with Crippen molar-refractivity contribution in [3.8, 4) is 0 Å². The molecule has 34 heavy (non-hydrogen) atoms. The molecule has 0 saturated heterocycles. The molecule has 1 aromatic carbocycles. The van der Waals surface area contributed by atoms with Crippen molar-refractivity contribution >= 4 is 5.97 Å². The summed E-state index contributed by atoms with van der Waals surface area (Å²) in [5.74, 6) is 1.65. The van der Waals surface area contributed by atoms with E-state index in [0.29, 0.717) is 13.0 Å². The van der Waals surface area contributed by atoms with Crippen LogP contribution in [0.15, 0.2) is 49.1 Å². The highest BCUT2D eigenvalue weighted by molar-refractivity contribution is 5.75. The number of hydrogen-bond donors (Lipinski definition) is 2. The highest BCUT2D eigenvalue weighted by Crippen LogP contribution is 2.14. The molecule has 0 aliphatic rings. The number of hydrogen-bond acceptors (Lipinski definition) is 7. The molecule has 0 unspecified atom stereocenters. The molecule has 0 aliphatic heterocycles. The van der Waals surface area contributed by atoms with Crippen molar-refractivity contribution in [3.05, 3.63) is 71.8 Å². The van der Waals surface area contributed by atoms with E-state index in [4.69, 9.17) is 10.5 Å². The fourth-order valence-electron chi connectivity index (χ4n) is 3.86. The zero-order valence-electron chi connectivity index (χ0n) is 20.5. The Morgan fingerprint density at radius 1 is 1.12 bits per heavy atom. The van der Waals surface area contributed by atoms with Crippen LogP contribution in [0, 0.1) is 0 Å². The lowest BCUT2D eigenvalue weighted by molar-refractivity contribution is -0.144. The number of aryl methyl sites for hydroxylation is 1. The maximum absolute atomic E-state index is 11.6. The topological polar surface area (TPSA) is 105 Å². The van der Waals surface area contributed by atoms with Gasteiger partial charge in [-0.25, -0.2) is 9.97 Å². The van der Waals surface area contributed by atoms with Crippen LogP contribution in [0.3, 0.4) is 0 Å². The van der Waals surface area contributed by atoms with Crippen molar-refractivity contribution in [2.24, 2.45) is 12.8 Å². The number of benzene rings is 1. The average Bonchev–Trinajstić information content (AvgIpc) is 3.47. The van der Waals surface area contributed by atoms with E-state index in [1.165, 1.54) is 11.1 Å². The lowest BCUT2D eigenvalue weighted by atomic mass is 10.1. The molecule has 3 aromatic rings. The molecule has 0 saturated carbocycles. The minimum absolute atomic E-state index is 0.315. The second-order valence-electron chi connectivity index (χ2n) is 8.69. The maximum Gasteiger partial charge on any atom is 0.322 e. The minimum Gasteiger partial charge on any atom is -0.465 e. The highest BCUT2D eigenvalue weighted by Gasteiger charge is 2.15. The van der Waals surface area contributed by atoms with Crippen LogP contribution in [0.2, 0.25) is 0 Å². The number of H-pyrrole nitrogens is 1. The van der Waals surface area contributed by atoms with Gasteiger partial charge in [-0.05, 0) is 44.5 Å². The Balaban J connectivity index is 1.50. The van der Waals surface area contributed by atoms with Gasteiger partial charge in [0.2, 0.25) is 0 Å². The first kappa shape index (κ1) is 25.6. The van der Waals surface area contributed by atoms with Gasteiger partial charge in [-0.15, -0.1) is 0 Å². The molecule has 1 atom stereocenters. The van der Waals surface area contributed by atoms with Gasteiger partial charge >= 0.3 is 5.97 Å². The molecule has 2 heterocycles. The summed E-state index contributed by atoms with van der Waals surface area (Å²) in [6.45, 7) is 6.14. The van der Waals surface area contributed by atoms with Crippen LogP contribution in [0.5, 0.6) is 0 Å². The number of carbonyl (C=O) groups is 1. The predicted octanol–water partition coefficient (Wildman–Crippen LogP) is 2.45. The third-order valence-electron chi connectivity index (χ3n) is 5.74. The molecule has 0 spiro atoms. The monoisotopic (exact) mass is 467 g/mol. The molecule has 3 rings (SSSR count). The molecular formula is C25H37N7O2. The van der Waals surface area contributed by atoms with Crippen LogP contribution in [-0.4, -0.2) is 61.5 Å². The molecule has 3 N–H and O–H groups in total. The largest absolute Gasteiger partial charge is 0.465 e. The summed E-state index contributed by atoms with van der Waals surface area (Å²) in [6, 6.07) is 8.20. The predicted molar refractivity (Wildman–Crippen MR) is 131 cm³/mol. The summed E-state index contributed by atoms with van der Waals surface area (Å²) in [5.41, 5.74) is 8.38. The van der Waals surface area contributed by atoms with E-state index in [0.717, 1.165) is 50.8 Å². The number of esters is 1. The Bertz CT molecular complexity index is 985. The summed E-state index contributed by atoms with van der Waals surface area (Å²) in [5, 5.41) is 0. The SMILES string of the molecule is CCOC(=O)[C@@H](N)CCCN(C)Cc1ccc(CN(Cc2ncc[nH]2)Cc2nccn2C)cc1. The van der Waals surface area contributed by atoms with Crippen molar-refractivity contribution in [1.82, 2.24) is 29.3 Å². The molecule has 0 fully saturated rings. The van der Waals surface area contributed by atoms with Gasteiger partial charge < -0.3 is 24.9 Å². The Labute approximate surface area is 201 Å². The zero-order valence-corrected chi connectivity index (χ0v) is 20.5. The number of ether oxygens (including phenoxy) is 1. The fourth-order valence-corrected chi connectivity index (χ4v) is 3.86. The van der Waals surface area contributed by atoms with Crippen molar-refractivity contribution < 1.29 is 9.53 Å². The summed E-state index contributed by atoms with van der Waals surface area (Å²) in [4.78, 5) is 28.3. The molecule has 0 amide bonds. The number of carbonyl (C=O) groups excluding carboxylic acids is 1. The number of nitrogens with one attached hydrogen (secondary N) is 1. The molecular weight excluding hydrogens is 430 g/mol. The van der Waals surface area contributed by atoms with Crippen molar-refractivity contribution in [2.75, 3.05) is 20.2 Å². The van der Waals surface area contributed by atoms with Crippen LogP contribution in [0.4, 0.5) is 0 Å². The van der Waals surface area contributed by atoms with E-state index in [-0.39, 0.29) is 5.97 Å². The van der Waals surface area contributed by atoms with E-state index in [9.17, 15) is 4.79 Å². The Morgan fingerprint density at radius 2 is 1.85 bits per heavy atom. The maximum atomic E-state index is 11.6. The first-order chi connectivity index (χ1) is 16.4. The minimum atomic E-state index is -0.539. The van der Waals surface area contributed by atoms with Crippen molar-refractivity contribution in [1.29, 1.82) is 0 Å². The first-order valence-electron chi connectivity index (χ1n) is 11.8. The Morgan fingerprint density at radius 3 is 2.47 bits per heavy atom. The van der Waals surface area contributed by atoms with Gasteiger partial charge in [0.05, 0.1) is 19.7 Å². The van der Waals surface area contributed by atoms with Crippen LogP contribution >= 0.6 is 0 Å². The number of aromatic amines is 1. The third-order valence-corrected chi connectivity index (χ3v) is 5.74. The van der Waals surface area contributed by atoms with Gasteiger partial charge in [0.25, 0.3) is 0 Å². The third kappa shape index (κ3) is 8.09. The number of imidazole rings is 2. The molecule has 184 valence electrons. The first-order valence-corrected chi connectivity index (χ1v) is 11.8. The zero-order chi connectivity index (χ0) is 24.3. The van der Waals surface area contributed by atoms with Gasteiger partial charge in [0.1, 0.15) is 17.7 Å². The van der Waals surface area contributed by atoms with Gasteiger partial charge in [0, 0.05) is 44.9 Å². The number of aromatic nitrogens is 4.